The fourth-order valence-corrected chi connectivity index (χ4v) is 5.88. The number of amides is 2. The molecule has 0 fully saturated rings. The summed E-state index contributed by atoms with van der Waals surface area (Å²) in [5.74, 6) is -1.94. The highest BCUT2D eigenvalue weighted by atomic mass is 32.2. The summed E-state index contributed by atoms with van der Waals surface area (Å²) in [6.07, 6.45) is 4.19. The van der Waals surface area contributed by atoms with Crippen LogP contribution in [0, 0.1) is 12.8 Å². The standard InChI is InChI=1S/C24H22N4O5S2/c1-15-3-4-18-12-22(34-20(18)11-15)35(32,33)27-23(30)16(2)13-26-24(31)17-5-7-19(8-6-17)28-10-9-25-14-21(28)29/h3-12,14,16H,13H2,1-2H3,(H,26,31)(H,27,30). The van der Waals surface area contributed by atoms with E-state index in [0.29, 0.717) is 11.3 Å². The number of aromatic nitrogens is 2. The molecular formula is C24H22N4O5S2. The molecule has 2 aromatic heterocycles. The molecule has 180 valence electrons. The van der Waals surface area contributed by atoms with E-state index in [1.807, 2.05) is 25.1 Å². The Morgan fingerprint density at radius 3 is 2.57 bits per heavy atom. The van der Waals surface area contributed by atoms with Gasteiger partial charge in [0.2, 0.25) is 5.91 Å². The molecule has 0 aliphatic rings. The lowest BCUT2D eigenvalue weighted by Gasteiger charge is -2.13. The monoisotopic (exact) mass is 510 g/mol. The van der Waals surface area contributed by atoms with Gasteiger partial charge in [0.05, 0.1) is 12.1 Å². The number of carbonyl (C=O) groups is 2. The first kappa shape index (κ1) is 24.3. The van der Waals surface area contributed by atoms with Crippen LogP contribution in [0.3, 0.4) is 0 Å². The Hall–Kier alpha value is -3.83. The number of sulfonamides is 1. The summed E-state index contributed by atoms with van der Waals surface area (Å²) in [6, 6.07) is 13.5. The van der Waals surface area contributed by atoms with Crippen LogP contribution in [0.4, 0.5) is 0 Å². The fraction of sp³-hybridized carbons (Fsp3) is 0.167. The van der Waals surface area contributed by atoms with Crippen molar-refractivity contribution in [1.29, 1.82) is 0 Å². The minimum atomic E-state index is -4.03. The second-order valence-electron chi connectivity index (χ2n) is 8.02. The minimum Gasteiger partial charge on any atom is -0.351 e. The van der Waals surface area contributed by atoms with Gasteiger partial charge < -0.3 is 5.32 Å². The zero-order valence-corrected chi connectivity index (χ0v) is 20.5. The van der Waals surface area contributed by atoms with Crippen LogP contribution in [0.5, 0.6) is 0 Å². The molecule has 0 spiro atoms. The second kappa shape index (κ2) is 9.80. The number of aryl methyl sites for hydroxylation is 1. The van der Waals surface area contributed by atoms with E-state index in [2.05, 4.69) is 15.0 Å². The summed E-state index contributed by atoms with van der Waals surface area (Å²) in [6.45, 7) is 3.39. The van der Waals surface area contributed by atoms with Crippen LogP contribution in [-0.2, 0) is 14.8 Å². The van der Waals surface area contributed by atoms with Gasteiger partial charge in [-0.3, -0.25) is 23.9 Å². The van der Waals surface area contributed by atoms with E-state index >= 15 is 0 Å². The van der Waals surface area contributed by atoms with E-state index in [9.17, 15) is 22.8 Å². The number of hydrogen-bond donors (Lipinski definition) is 2. The number of nitrogens with zero attached hydrogens (tertiary/aromatic N) is 2. The van der Waals surface area contributed by atoms with Gasteiger partial charge in [-0.05, 0) is 54.3 Å². The van der Waals surface area contributed by atoms with Crippen molar-refractivity contribution >= 4 is 43.3 Å². The lowest BCUT2D eigenvalue weighted by atomic mass is 10.1. The third-order valence-electron chi connectivity index (χ3n) is 5.30. The third-order valence-corrected chi connectivity index (χ3v) is 8.22. The van der Waals surface area contributed by atoms with E-state index in [0.717, 1.165) is 27.0 Å². The number of benzene rings is 2. The van der Waals surface area contributed by atoms with Crippen molar-refractivity contribution in [3.05, 3.63) is 88.6 Å². The number of nitrogens with one attached hydrogen (secondary N) is 2. The van der Waals surface area contributed by atoms with Gasteiger partial charge in [0, 0.05) is 34.9 Å². The third kappa shape index (κ3) is 5.47. The summed E-state index contributed by atoms with van der Waals surface area (Å²) in [5.41, 5.74) is 1.61. The first-order chi connectivity index (χ1) is 16.6. The molecule has 2 N–H and O–H groups in total. The van der Waals surface area contributed by atoms with Crippen molar-refractivity contribution in [2.45, 2.75) is 18.1 Å². The average Bonchev–Trinajstić information content (AvgIpc) is 3.27. The van der Waals surface area contributed by atoms with E-state index < -0.39 is 27.8 Å². The Bertz CT molecular complexity index is 1570. The molecule has 9 nitrogen and oxygen atoms in total. The fourth-order valence-electron chi connectivity index (χ4n) is 3.30. The first-order valence-corrected chi connectivity index (χ1v) is 12.9. The topological polar surface area (TPSA) is 127 Å². The lowest BCUT2D eigenvalue weighted by Crippen LogP contribution is -2.39. The van der Waals surface area contributed by atoms with Gasteiger partial charge in [-0.1, -0.05) is 19.1 Å². The van der Waals surface area contributed by atoms with Crippen molar-refractivity contribution in [1.82, 2.24) is 19.6 Å². The summed E-state index contributed by atoms with van der Waals surface area (Å²) in [4.78, 5) is 40.6. The predicted octanol–water partition coefficient (Wildman–Crippen LogP) is 2.63. The van der Waals surface area contributed by atoms with Gasteiger partial charge in [-0.15, -0.1) is 11.3 Å². The van der Waals surface area contributed by atoms with Gasteiger partial charge in [0.15, 0.2) is 0 Å². The van der Waals surface area contributed by atoms with Crippen LogP contribution >= 0.6 is 11.3 Å². The number of carbonyl (C=O) groups excluding carboxylic acids is 2. The van der Waals surface area contributed by atoms with Crippen LogP contribution in [0.25, 0.3) is 15.8 Å². The van der Waals surface area contributed by atoms with E-state index in [-0.39, 0.29) is 16.3 Å². The number of thiophene rings is 1. The van der Waals surface area contributed by atoms with E-state index in [1.165, 1.54) is 36.1 Å². The molecule has 35 heavy (non-hydrogen) atoms. The Balaban J connectivity index is 1.36. The normalized spacial score (nSPS) is 12.3. The van der Waals surface area contributed by atoms with Crippen molar-refractivity contribution < 1.29 is 18.0 Å². The zero-order valence-electron chi connectivity index (χ0n) is 18.9. The van der Waals surface area contributed by atoms with E-state index in [1.54, 1.807) is 24.3 Å². The summed E-state index contributed by atoms with van der Waals surface area (Å²) < 4.78 is 29.7. The molecule has 2 amide bonds. The minimum absolute atomic E-state index is 0.0519. The molecule has 2 aromatic carbocycles. The van der Waals surface area contributed by atoms with Gasteiger partial charge in [0.1, 0.15) is 4.21 Å². The molecule has 4 aromatic rings. The van der Waals surface area contributed by atoms with Crippen LogP contribution in [0.1, 0.15) is 22.8 Å². The molecule has 1 unspecified atom stereocenters. The summed E-state index contributed by atoms with van der Waals surface area (Å²) in [7, 11) is -4.03. The van der Waals surface area contributed by atoms with E-state index in [4.69, 9.17) is 0 Å². The Labute approximate surface area is 205 Å². The summed E-state index contributed by atoms with van der Waals surface area (Å²) in [5, 5.41) is 3.42. The quantitative estimate of drug-likeness (QED) is 0.394. The highest BCUT2D eigenvalue weighted by Crippen LogP contribution is 2.29. The maximum atomic E-state index is 12.7. The predicted molar refractivity (Wildman–Crippen MR) is 133 cm³/mol. The molecule has 4 rings (SSSR count). The lowest BCUT2D eigenvalue weighted by molar-refractivity contribution is -0.122. The largest absolute Gasteiger partial charge is 0.351 e. The van der Waals surface area contributed by atoms with Gasteiger partial charge in [0.25, 0.3) is 21.5 Å². The Kier molecular flexibility index (Phi) is 6.81. The highest BCUT2D eigenvalue weighted by molar-refractivity contribution is 7.92. The number of rotatable bonds is 7. The molecule has 0 radical (unpaired) electrons. The van der Waals surface area contributed by atoms with Crippen LogP contribution in [0.2, 0.25) is 0 Å². The van der Waals surface area contributed by atoms with Gasteiger partial charge in [-0.25, -0.2) is 13.1 Å². The highest BCUT2D eigenvalue weighted by Gasteiger charge is 2.24. The van der Waals surface area contributed by atoms with Gasteiger partial charge in [-0.2, -0.15) is 0 Å². The number of fused-ring (bicyclic) bond motifs is 1. The average molecular weight is 511 g/mol. The number of hydrogen-bond acceptors (Lipinski definition) is 7. The maximum absolute atomic E-state index is 12.7. The summed E-state index contributed by atoms with van der Waals surface area (Å²) >= 11 is 1.09. The SMILES string of the molecule is Cc1ccc2cc(S(=O)(=O)NC(=O)C(C)CNC(=O)c3ccc(-n4ccncc4=O)cc3)sc2c1. The molecule has 0 bridgehead atoms. The Morgan fingerprint density at radius 2 is 1.86 bits per heavy atom. The molecule has 0 aliphatic heterocycles. The second-order valence-corrected chi connectivity index (χ2v) is 11.0. The Morgan fingerprint density at radius 1 is 1.11 bits per heavy atom. The smallest absolute Gasteiger partial charge is 0.273 e. The van der Waals surface area contributed by atoms with Crippen molar-refractivity contribution in [2.75, 3.05) is 6.54 Å². The molecule has 2 heterocycles. The molecule has 11 heteroatoms. The van der Waals surface area contributed by atoms with Crippen molar-refractivity contribution in [2.24, 2.45) is 5.92 Å². The molecule has 0 aliphatic carbocycles. The molecule has 0 saturated heterocycles. The molecule has 1 atom stereocenters. The first-order valence-electron chi connectivity index (χ1n) is 10.6. The maximum Gasteiger partial charge on any atom is 0.273 e. The van der Waals surface area contributed by atoms with Crippen LogP contribution < -0.4 is 15.6 Å². The van der Waals surface area contributed by atoms with Gasteiger partial charge >= 0.3 is 0 Å². The molecular weight excluding hydrogens is 488 g/mol. The van der Waals surface area contributed by atoms with Crippen molar-refractivity contribution in [3.63, 3.8) is 0 Å². The zero-order chi connectivity index (χ0) is 25.2. The van der Waals surface area contributed by atoms with Crippen molar-refractivity contribution in [3.8, 4) is 5.69 Å². The van der Waals surface area contributed by atoms with Crippen LogP contribution in [-0.4, -0.2) is 36.3 Å². The van der Waals surface area contributed by atoms with Crippen LogP contribution in [0.15, 0.2) is 76.1 Å². The molecule has 0 saturated carbocycles.